The van der Waals surface area contributed by atoms with Gasteiger partial charge in [-0.3, -0.25) is 24.0 Å². The van der Waals surface area contributed by atoms with E-state index in [1.165, 1.54) is 14.0 Å². The molecule has 7 aromatic rings. The first-order valence-corrected chi connectivity index (χ1v) is 31.1. The first kappa shape index (κ1) is 77.6. The number of hydrogen-bond acceptors (Lipinski definition) is 20. The van der Waals surface area contributed by atoms with Crippen molar-refractivity contribution in [3.63, 3.8) is 0 Å². The Labute approximate surface area is 560 Å². The van der Waals surface area contributed by atoms with Gasteiger partial charge >= 0.3 is 17.9 Å². The van der Waals surface area contributed by atoms with Gasteiger partial charge in [0.1, 0.15) is 44.1 Å². The molecule has 1 aromatic heterocycles. The molecule has 25 heteroatoms. The summed E-state index contributed by atoms with van der Waals surface area (Å²) in [6.07, 6.45) is -0.481. The number of nitrogens with two attached hydrogens (primary N) is 1. The van der Waals surface area contributed by atoms with Crippen LogP contribution in [0.4, 0.5) is 0 Å². The molecule has 3 amide bonds. The number of halogens is 2. The average molecular weight is 1350 g/mol. The molecule has 2 aliphatic heterocycles. The van der Waals surface area contributed by atoms with Gasteiger partial charge in [0, 0.05) is 80.7 Å². The van der Waals surface area contributed by atoms with E-state index in [4.69, 9.17) is 64.4 Å². The SMILES string of the molecule is C=C(C)C(=O)OCCNC(=O)C(C#N)=C1c2ccccc2Sc2ccccc21.C=C(C)C(=O)OCCNC(=O)CC#N.COC(=O)CC#N.ClC1(Cl)c2ccccc2Sc2ccccc21.N#CCC(=O)NCCO.NCCO.O=c1c2ccccc2sc2ccccc12. The number of fused-ring (bicyclic) bond motifs is 6. The number of aliphatic hydroxyl groups is 2. The standard InChI is InChI=1S/C22H18N2O3S.C13H8Cl2S.C13H8OS.C9H12N2O3.C5H8N2O2.C4H5NO2.C2H7NO/c1-14(2)22(26)27-12-11-24-21(25)17(13-23)20-15-7-3-5-9-18(15)28-19-10-6-4-8-16(19)20;14-13(15)9-5-1-3-7-11(9)16-12-8-4-2-6-10(12)13;14-13-9-5-1-3-7-11(9)15-12-8-4-2-6-10(12)13;1-7(2)9(13)14-6-5-11-8(12)3-4-10;6-2-1-5(9)7-3-4-8;1-7-4(6)2-3-5;3-1-2-4/h3-10H,1,11-12H2,2H3,(H,24,25);1-8H;1-8H;1,3,5-6H2,2H3,(H,11,12);8H,1,3-4H2,(H,7,9);2H2,1H3;4H,1-3H2. The van der Waals surface area contributed by atoms with Gasteiger partial charge in [0.2, 0.25) is 11.8 Å². The summed E-state index contributed by atoms with van der Waals surface area (Å²) in [5.41, 5.74) is 9.82. The van der Waals surface area contributed by atoms with Crippen molar-refractivity contribution < 1.29 is 53.2 Å². The number of amides is 3. The molecule has 482 valence electrons. The molecule has 0 bridgehead atoms. The number of rotatable bonds is 15. The predicted molar refractivity (Wildman–Crippen MR) is 360 cm³/mol. The number of nitrogens with zero attached hydrogens (tertiary/aromatic N) is 4. The minimum absolute atomic E-state index is 0.00843. The van der Waals surface area contributed by atoms with Crippen LogP contribution in [0.3, 0.4) is 0 Å². The molecular formula is C68H66Cl2N8O12S3. The van der Waals surface area contributed by atoms with Gasteiger partial charge in [-0.25, -0.2) is 9.59 Å². The third kappa shape index (κ3) is 25.5. The second-order valence-corrected chi connectivity index (χ2v) is 23.2. The Morgan fingerprint density at radius 3 is 1.35 bits per heavy atom. The van der Waals surface area contributed by atoms with E-state index in [1.54, 1.807) is 60.0 Å². The molecule has 93 heavy (non-hydrogen) atoms. The Bertz CT molecular complexity index is 3890. The minimum atomic E-state index is -0.932. The largest absolute Gasteiger partial charge is 0.468 e. The zero-order valence-corrected chi connectivity index (χ0v) is 54.8. The molecule has 2 aliphatic rings. The molecule has 7 N–H and O–H groups in total. The van der Waals surface area contributed by atoms with Gasteiger partial charge in [-0.15, -0.1) is 11.3 Å². The fourth-order valence-electron chi connectivity index (χ4n) is 7.50. The van der Waals surface area contributed by atoms with Crippen molar-refractivity contribution in [3.8, 4) is 24.3 Å². The van der Waals surface area contributed by atoms with Gasteiger partial charge in [-0.05, 0) is 73.5 Å². The molecule has 20 nitrogen and oxygen atoms in total. The van der Waals surface area contributed by atoms with Crippen molar-refractivity contribution >= 4 is 119 Å². The summed E-state index contributed by atoms with van der Waals surface area (Å²) in [5, 5.41) is 58.6. The number of hydrogen-bond donors (Lipinski definition) is 6. The lowest BCUT2D eigenvalue weighted by Gasteiger charge is -2.29. The minimum Gasteiger partial charge on any atom is -0.468 e. The van der Waals surface area contributed by atoms with Crippen molar-refractivity contribution in [2.24, 2.45) is 5.73 Å². The van der Waals surface area contributed by atoms with Crippen LogP contribution in [0.2, 0.25) is 0 Å². The summed E-state index contributed by atoms with van der Waals surface area (Å²) >= 11 is 18.0. The highest BCUT2D eigenvalue weighted by Gasteiger charge is 2.37. The van der Waals surface area contributed by atoms with Gasteiger partial charge in [-0.1, -0.05) is 157 Å². The van der Waals surface area contributed by atoms with E-state index in [2.05, 4.69) is 52.0 Å². The van der Waals surface area contributed by atoms with Crippen LogP contribution in [0.5, 0.6) is 0 Å². The fraction of sp³-hybridized carbons (Fsp3) is 0.221. The van der Waals surface area contributed by atoms with Gasteiger partial charge in [0.15, 0.2) is 9.76 Å². The van der Waals surface area contributed by atoms with E-state index < -0.39 is 28.1 Å². The quantitative estimate of drug-likeness (QED) is 0.0106. The molecule has 0 saturated heterocycles. The highest BCUT2D eigenvalue weighted by molar-refractivity contribution is 7.99. The van der Waals surface area contributed by atoms with Crippen LogP contribution >= 0.6 is 58.1 Å². The number of methoxy groups -OCH3 is 1. The van der Waals surface area contributed by atoms with Gasteiger partial charge in [0.25, 0.3) is 5.91 Å². The third-order valence-corrected chi connectivity index (χ3v) is 16.0. The van der Waals surface area contributed by atoms with E-state index in [1.807, 2.05) is 133 Å². The number of nitriles is 4. The van der Waals surface area contributed by atoms with Gasteiger partial charge in [-0.2, -0.15) is 21.0 Å². The van der Waals surface area contributed by atoms with Gasteiger partial charge in [0.05, 0.1) is 51.6 Å². The van der Waals surface area contributed by atoms with Crippen molar-refractivity contribution in [1.82, 2.24) is 16.0 Å². The summed E-state index contributed by atoms with van der Waals surface area (Å²) in [5.74, 6) is -2.70. The molecular weight excluding hydrogens is 1290 g/mol. The van der Waals surface area contributed by atoms with Crippen molar-refractivity contribution in [2.75, 3.05) is 59.7 Å². The van der Waals surface area contributed by atoms with E-state index in [9.17, 15) is 38.8 Å². The Morgan fingerprint density at radius 2 is 0.957 bits per heavy atom. The molecule has 3 heterocycles. The average Bonchev–Trinajstić information content (AvgIpc) is 0.779. The zero-order valence-electron chi connectivity index (χ0n) is 50.9. The van der Waals surface area contributed by atoms with E-state index in [0.717, 1.165) is 62.0 Å². The first-order valence-electron chi connectivity index (χ1n) is 27.9. The second-order valence-electron chi connectivity index (χ2n) is 18.7. The molecule has 0 radical (unpaired) electrons. The highest BCUT2D eigenvalue weighted by atomic mass is 35.5. The van der Waals surface area contributed by atoms with Crippen LogP contribution in [0.15, 0.2) is 200 Å². The van der Waals surface area contributed by atoms with Gasteiger partial charge < -0.3 is 46.1 Å². The molecule has 0 aliphatic carbocycles. The Balaban J connectivity index is 0.000000303. The maximum absolute atomic E-state index is 12.7. The van der Waals surface area contributed by atoms with Crippen LogP contribution in [0, 0.1) is 45.3 Å². The normalized spacial score (nSPS) is 10.9. The number of nitrogens with one attached hydrogen (secondary N) is 3. The van der Waals surface area contributed by atoms with Crippen molar-refractivity contribution in [1.29, 1.82) is 21.0 Å². The molecule has 6 aromatic carbocycles. The van der Waals surface area contributed by atoms with Crippen molar-refractivity contribution in [3.05, 3.63) is 208 Å². The van der Waals surface area contributed by atoms with E-state index in [-0.39, 0.29) is 88.1 Å². The summed E-state index contributed by atoms with van der Waals surface area (Å²) in [7, 11) is 1.25. The Kier molecular flexibility index (Phi) is 35.4. The van der Waals surface area contributed by atoms with Crippen LogP contribution in [-0.2, 0) is 47.3 Å². The first-order chi connectivity index (χ1) is 44.7. The predicted octanol–water partition coefficient (Wildman–Crippen LogP) is 10.1. The smallest absolute Gasteiger partial charge is 0.333 e. The Morgan fingerprint density at radius 1 is 0.570 bits per heavy atom. The lowest BCUT2D eigenvalue weighted by Crippen LogP contribution is -2.29. The van der Waals surface area contributed by atoms with Crippen LogP contribution in [-0.4, -0.2) is 106 Å². The van der Waals surface area contributed by atoms with E-state index >= 15 is 0 Å². The monoisotopic (exact) mass is 1350 g/mol. The summed E-state index contributed by atoms with van der Waals surface area (Å²) < 4.78 is 15.0. The highest BCUT2D eigenvalue weighted by Crippen LogP contribution is 2.53. The number of alkyl halides is 2. The zero-order chi connectivity index (χ0) is 68.7. The Hall–Kier alpha value is -9.63. The summed E-state index contributed by atoms with van der Waals surface area (Å²) in [6, 6.07) is 54.0. The lowest BCUT2D eigenvalue weighted by molar-refractivity contribution is -0.140. The molecule has 0 atom stereocenters. The second kappa shape index (κ2) is 42.4. The number of carbonyl (C=O) groups is 6. The summed E-state index contributed by atoms with van der Waals surface area (Å²) in [4.78, 5) is 82.3. The number of carbonyl (C=O) groups excluding carboxylic acids is 6. The number of esters is 3. The fourth-order valence-corrected chi connectivity index (χ4v) is 11.7. The number of aliphatic hydroxyl groups excluding tert-OH is 2. The molecule has 0 saturated carbocycles. The number of benzene rings is 6. The maximum Gasteiger partial charge on any atom is 0.333 e. The van der Waals surface area contributed by atoms with E-state index in [0.29, 0.717) is 23.3 Å². The topological polar surface area (TPSA) is 345 Å². The third-order valence-electron chi connectivity index (χ3n) is 11.7. The van der Waals surface area contributed by atoms with Crippen LogP contribution < -0.4 is 27.1 Å². The molecule has 9 rings (SSSR count). The molecule has 0 fully saturated rings. The summed E-state index contributed by atoms with van der Waals surface area (Å²) in [6.45, 7) is 11.0. The lowest BCUT2D eigenvalue weighted by atomic mass is 9.92. The van der Waals surface area contributed by atoms with Crippen LogP contribution in [0.1, 0.15) is 55.4 Å². The molecule has 0 unspecified atom stereocenters. The van der Waals surface area contributed by atoms with Crippen molar-refractivity contribution in [2.45, 2.75) is 57.0 Å². The van der Waals surface area contributed by atoms with Crippen LogP contribution in [0.25, 0.3) is 25.7 Å². The maximum atomic E-state index is 12.7. The number of ether oxygens (including phenoxy) is 3. The molecule has 0 spiro atoms.